The highest BCUT2D eigenvalue weighted by atomic mass is 19.1. The quantitative estimate of drug-likeness (QED) is 0.737. The number of aromatic amines is 1. The Bertz CT molecular complexity index is 816. The summed E-state index contributed by atoms with van der Waals surface area (Å²) in [6.07, 6.45) is 9.03. The van der Waals surface area contributed by atoms with Crippen LogP contribution >= 0.6 is 0 Å². The van der Waals surface area contributed by atoms with Gasteiger partial charge in [0.2, 0.25) is 6.41 Å². The number of ether oxygens (including phenoxy) is 1. The molecule has 0 bridgehead atoms. The van der Waals surface area contributed by atoms with Crippen LogP contribution in [-0.4, -0.2) is 46.8 Å². The number of aromatic nitrogens is 2. The van der Waals surface area contributed by atoms with Gasteiger partial charge in [-0.15, -0.1) is 0 Å². The van der Waals surface area contributed by atoms with Crippen molar-refractivity contribution in [2.45, 2.75) is 69.4 Å². The molecule has 1 aromatic carbocycles. The van der Waals surface area contributed by atoms with E-state index < -0.39 is 0 Å². The molecule has 6 heteroatoms. The van der Waals surface area contributed by atoms with Gasteiger partial charge in [-0.3, -0.25) is 9.89 Å². The van der Waals surface area contributed by atoms with E-state index in [2.05, 4.69) is 17.1 Å². The molecular weight excluding hydrogens is 369 g/mol. The molecule has 2 fully saturated rings. The molecule has 0 spiro atoms. The summed E-state index contributed by atoms with van der Waals surface area (Å²) in [5.41, 5.74) is 3.36. The number of hydrogen-bond donors (Lipinski definition) is 1. The van der Waals surface area contributed by atoms with E-state index in [-0.39, 0.29) is 23.9 Å². The van der Waals surface area contributed by atoms with Crippen molar-refractivity contribution in [1.29, 1.82) is 0 Å². The largest absolute Gasteiger partial charge is 0.376 e. The first-order valence-corrected chi connectivity index (χ1v) is 10.7. The normalized spacial score (nSPS) is 27.7. The molecular formula is C23H30FN3O2. The Balaban J connectivity index is 1.36. The van der Waals surface area contributed by atoms with E-state index in [9.17, 15) is 9.18 Å². The maximum absolute atomic E-state index is 13.5. The number of benzene rings is 1. The van der Waals surface area contributed by atoms with Gasteiger partial charge in [-0.25, -0.2) is 4.39 Å². The number of nitrogens with zero attached hydrogens (tertiary/aromatic N) is 2. The molecule has 1 aromatic heterocycles. The number of likely N-dealkylation sites (tertiary alicyclic amines) is 1. The molecule has 1 aliphatic heterocycles. The van der Waals surface area contributed by atoms with Crippen LogP contribution in [0.5, 0.6) is 0 Å². The minimum Gasteiger partial charge on any atom is -0.376 e. The average Bonchev–Trinajstić information content (AvgIpc) is 3.18. The number of piperidine rings is 1. The Morgan fingerprint density at radius 3 is 2.79 bits per heavy atom. The van der Waals surface area contributed by atoms with Crippen molar-refractivity contribution < 1.29 is 13.9 Å². The lowest BCUT2D eigenvalue weighted by atomic mass is 9.82. The lowest BCUT2D eigenvalue weighted by molar-refractivity contribution is -0.125. The van der Waals surface area contributed by atoms with E-state index in [0.29, 0.717) is 12.5 Å². The minimum atomic E-state index is -0.160. The molecule has 2 atom stereocenters. The Hall–Kier alpha value is -2.21. The molecule has 5 nitrogen and oxygen atoms in total. The predicted molar refractivity (Wildman–Crippen MR) is 109 cm³/mol. The summed E-state index contributed by atoms with van der Waals surface area (Å²) in [5.74, 6) is 0.486. The van der Waals surface area contributed by atoms with Crippen molar-refractivity contribution in [1.82, 2.24) is 15.1 Å². The second-order valence-corrected chi connectivity index (χ2v) is 8.49. The smallest absolute Gasteiger partial charge is 0.210 e. The van der Waals surface area contributed by atoms with Gasteiger partial charge in [0.1, 0.15) is 5.82 Å². The van der Waals surface area contributed by atoms with Crippen LogP contribution in [0.3, 0.4) is 0 Å². The first-order valence-electron chi connectivity index (χ1n) is 10.7. The molecule has 1 amide bonds. The van der Waals surface area contributed by atoms with E-state index >= 15 is 0 Å². The molecule has 29 heavy (non-hydrogen) atoms. The molecule has 1 aliphatic carbocycles. The van der Waals surface area contributed by atoms with Crippen LogP contribution in [0.25, 0.3) is 0 Å². The Morgan fingerprint density at radius 1 is 1.28 bits per heavy atom. The highest BCUT2D eigenvalue weighted by molar-refractivity contribution is 5.49. The molecule has 0 unspecified atom stereocenters. The maximum atomic E-state index is 13.5. The molecule has 2 heterocycles. The van der Waals surface area contributed by atoms with Crippen LogP contribution in [0.1, 0.15) is 67.2 Å². The first-order chi connectivity index (χ1) is 14.2. The summed E-state index contributed by atoms with van der Waals surface area (Å²) >= 11 is 0. The second kappa shape index (κ2) is 9.08. The van der Waals surface area contributed by atoms with E-state index in [0.717, 1.165) is 68.3 Å². The molecule has 1 saturated carbocycles. The summed E-state index contributed by atoms with van der Waals surface area (Å²) in [7, 11) is 0. The number of nitrogens with one attached hydrogen (secondary N) is 1. The third-order valence-electron chi connectivity index (χ3n) is 6.69. The zero-order valence-corrected chi connectivity index (χ0v) is 17.0. The summed E-state index contributed by atoms with van der Waals surface area (Å²) in [6, 6.07) is 7.02. The van der Waals surface area contributed by atoms with Crippen LogP contribution in [0.4, 0.5) is 4.39 Å². The van der Waals surface area contributed by atoms with E-state index in [1.165, 1.54) is 6.07 Å². The fourth-order valence-corrected chi connectivity index (χ4v) is 5.05. The van der Waals surface area contributed by atoms with E-state index in [1.54, 1.807) is 12.1 Å². The lowest BCUT2D eigenvalue weighted by Gasteiger charge is -2.40. The number of aryl methyl sites for hydroxylation is 1. The summed E-state index contributed by atoms with van der Waals surface area (Å²) in [6.45, 7) is 3.40. The lowest BCUT2D eigenvalue weighted by Crippen LogP contribution is -2.47. The predicted octanol–water partition coefficient (Wildman–Crippen LogP) is 4.30. The van der Waals surface area contributed by atoms with Crippen molar-refractivity contribution in [2.75, 3.05) is 13.2 Å². The van der Waals surface area contributed by atoms with Crippen LogP contribution in [0, 0.1) is 12.7 Å². The van der Waals surface area contributed by atoms with Gasteiger partial charge in [-0.05, 0) is 74.6 Å². The fourth-order valence-electron chi connectivity index (χ4n) is 5.05. The van der Waals surface area contributed by atoms with Gasteiger partial charge in [0.25, 0.3) is 0 Å². The number of hydrogen-bond acceptors (Lipinski definition) is 3. The highest BCUT2D eigenvalue weighted by Crippen LogP contribution is 2.36. The first kappa shape index (κ1) is 20.1. The number of amides is 1. The van der Waals surface area contributed by atoms with Gasteiger partial charge < -0.3 is 9.64 Å². The maximum Gasteiger partial charge on any atom is 0.210 e. The number of rotatable bonds is 6. The monoisotopic (exact) mass is 399 g/mol. The molecule has 1 saturated heterocycles. The summed E-state index contributed by atoms with van der Waals surface area (Å²) in [5, 5.41) is 7.31. The van der Waals surface area contributed by atoms with Crippen molar-refractivity contribution in [3.63, 3.8) is 0 Å². The minimum absolute atomic E-state index is 0.0429. The van der Waals surface area contributed by atoms with Crippen LogP contribution in [0.2, 0.25) is 0 Å². The zero-order valence-electron chi connectivity index (χ0n) is 17.0. The molecule has 156 valence electrons. The third kappa shape index (κ3) is 4.53. The standard InChI is InChI=1S/C23H30FN3O2/c1-16-13-25-26-23(16)21-6-3-11-27(15-28)22(21)14-29-20-9-7-17(8-10-20)18-4-2-5-19(24)12-18/h2,4-5,12-13,15,17,20-22H,3,6-11,14H2,1H3,(H,25,26)/t17?,20?,21-,22-/m0/s1. The number of carbonyl (C=O) groups is 1. The Morgan fingerprint density at radius 2 is 2.10 bits per heavy atom. The van der Waals surface area contributed by atoms with E-state index in [1.807, 2.05) is 17.2 Å². The molecule has 2 aromatic rings. The van der Waals surface area contributed by atoms with Gasteiger partial charge >= 0.3 is 0 Å². The average molecular weight is 400 g/mol. The number of H-pyrrole nitrogens is 1. The molecule has 4 rings (SSSR count). The summed E-state index contributed by atoms with van der Waals surface area (Å²) < 4.78 is 19.8. The number of halogens is 1. The zero-order chi connectivity index (χ0) is 20.2. The van der Waals surface area contributed by atoms with Gasteiger partial charge in [-0.1, -0.05) is 12.1 Å². The highest BCUT2D eigenvalue weighted by Gasteiger charge is 2.35. The van der Waals surface area contributed by atoms with Gasteiger partial charge in [-0.2, -0.15) is 5.10 Å². The topological polar surface area (TPSA) is 58.2 Å². The molecule has 1 N–H and O–H groups in total. The molecule has 2 aliphatic rings. The van der Waals surface area contributed by atoms with Gasteiger partial charge in [0, 0.05) is 18.2 Å². The van der Waals surface area contributed by atoms with Gasteiger partial charge in [0.15, 0.2) is 0 Å². The van der Waals surface area contributed by atoms with Crippen LogP contribution < -0.4 is 0 Å². The third-order valence-corrected chi connectivity index (χ3v) is 6.69. The Kier molecular flexibility index (Phi) is 6.28. The van der Waals surface area contributed by atoms with Crippen molar-refractivity contribution in [2.24, 2.45) is 0 Å². The van der Waals surface area contributed by atoms with E-state index in [4.69, 9.17) is 4.74 Å². The summed E-state index contributed by atoms with van der Waals surface area (Å²) in [4.78, 5) is 13.6. The van der Waals surface area contributed by atoms with Crippen molar-refractivity contribution in [3.05, 3.63) is 53.1 Å². The fraction of sp³-hybridized carbons (Fsp3) is 0.565. The van der Waals surface area contributed by atoms with Crippen molar-refractivity contribution >= 4 is 6.41 Å². The van der Waals surface area contributed by atoms with Crippen LogP contribution in [-0.2, 0) is 9.53 Å². The SMILES string of the molecule is Cc1cn[nH]c1[C@H]1CCCN(C=O)[C@H]1COC1CCC(c2cccc(F)c2)CC1. The number of carbonyl (C=O) groups excluding carboxylic acids is 1. The second-order valence-electron chi connectivity index (χ2n) is 8.49. The van der Waals surface area contributed by atoms with Crippen molar-refractivity contribution in [3.8, 4) is 0 Å². The molecule has 0 radical (unpaired) electrons. The van der Waals surface area contributed by atoms with Gasteiger partial charge in [0.05, 0.1) is 24.9 Å². The van der Waals surface area contributed by atoms with Crippen LogP contribution in [0.15, 0.2) is 30.5 Å². The Labute approximate surface area is 171 Å².